The van der Waals surface area contributed by atoms with Crippen molar-refractivity contribution >= 4 is 16.0 Å². The average Bonchev–Trinajstić information content (AvgIpc) is 2.12. The Morgan fingerprint density at radius 2 is 2.14 bits per heavy atom. The van der Waals surface area contributed by atoms with Crippen LogP contribution in [0.1, 0.15) is 0 Å². The molecule has 0 spiro atoms. The normalized spacial score (nSPS) is 13.9. The van der Waals surface area contributed by atoms with Crippen molar-refractivity contribution in [3.63, 3.8) is 0 Å². The second-order valence-corrected chi connectivity index (χ2v) is 4.72. The van der Waals surface area contributed by atoms with Crippen molar-refractivity contribution in [3.05, 3.63) is 0 Å². The fourth-order valence-corrected chi connectivity index (χ4v) is 1.27. The molecule has 0 amide bonds. The topological polar surface area (TPSA) is 122 Å². The van der Waals surface area contributed by atoms with Crippen molar-refractivity contribution < 1.29 is 18.3 Å². The number of hydrogen-bond donors (Lipinski definition) is 4. The monoisotopic (exact) mass is 225 g/mol. The van der Waals surface area contributed by atoms with E-state index in [0.717, 1.165) is 0 Å². The molecule has 0 radical (unpaired) electrons. The second-order valence-electron chi connectivity index (χ2n) is 2.67. The summed E-state index contributed by atoms with van der Waals surface area (Å²) in [5, 5.41) is 11.0. The van der Waals surface area contributed by atoms with Gasteiger partial charge in [-0.05, 0) is 7.05 Å². The van der Waals surface area contributed by atoms with Gasteiger partial charge in [-0.15, -0.1) is 0 Å². The first-order chi connectivity index (χ1) is 6.39. The maximum absolute atomic E-state index is 10.9. The SMILES string of the molecule is CNS(=O)(=O)CCNCC(N)C(=O)O. The molecule has 8 heteroatoms. The van der Waals surface area contributed by atoms with E-state index in [4.69, 9.17) is 10.8 Å². The molecule has 5 N–H and O–H groups in total. The van der Waals surface area contributed by atoms with Crippen LogP contribution >= 0.6 is 0 Å². The van der Waals surface area contributed by atoms with E-state index < -0.39 is 22.0 Å². The van der Waals surface area contributed by atoms with Crippen molar-refractivity contribution in [1.29, 1.82) is 0 Å². The first kappa shape index (κ1) is 13.3. The van der Waals surface area contributed by atoms with Gasteiger partial charge in [-0.2, -0.15) is 0 Å². The van der Waals surface area contributed by atoms with Gasteiger partial charge in [0.1, 0.15) is 6.04 Å². The number of rotatable bonds is 7. The summed E-state index contributed by atoms with van der Waals surface area (Å²) in [6.45, 7) is 0.221. The zero-order valence-corrected chi connectivity index (χ0v) is 8.67. The highest BCUT2D eigenvalue weighted by Gasteiger charge is 2.11. The predicted octanol–water partition coefficient (Wildman–Crippen LogP) is -2.46. The summed E-state index contributed by atoms with van der Waals surface area (Å²) in [5.41, 5.74) is 5.17. The van der Waals surface area contributed by atoms with Gasteiger partial charge in [0.15, 0.2) is 0 Å². The minimum atomic E-state index is -3.24. The summed E-state index contributed by atoms with van der Waals surface area (Å²) in [6, 6.07) is -1.01. The molecular formula is C6H15N3O4S. The summed E-state index contributed by atoms with van der Waals surface area (Å²) >= 11 is 0. The summed E-state index contributed by atoms with van der Waals surface area (Å²) < 4.78 is 23.9. The lowest BCUT2D eigenvalue weighted by Gasteiger charge is -2.07. The molecule has 7 nitrogen and oxygen atoms in total. The molecule has 1 unspecified atom stereocenters. The van der Waals surface area contributed by atoms with Gasteiger partial charge in [-0.25, -0.2) is 13.1 Å². The van der Waals surface area contributed by atoms with Gasteiger partial charge in [0.05, 0.1) is 5.75 Å². The Hall–Kier alpha value is -0.700. The van der Waals surface area contributed by atoms with Crippen LogP contribution in [0.5, 0.6) is 0 Å². The van der Waals surface area contributed by atoms with Crippen LogP contribution in [0.4, 0.5) is 0 Å². The molecule has 84 valence electrons. The largest absolute Gasteiger partial charge is 0.480 e. The van der Waals surface area contributed by atoms with E-state index in [1.807, 2.05) is 0 Å². The maximum atomic E-state index is 10.9. The fourth-order valence-electron chi connectivity index (χ4n) is 0.653. The predicted molar refractivity (Wildman–Crippen MR) is 51.3 cm³/mol. The van der Waals surface area contributed by atoms with Crippen LogP contribution in [0.2, 0.25) is 0 Å². The Morgan fingerprint density at radius 1 is 1.57 bits per heavy atom. The first-order valence-corrected chi connectivity index (χ1v) is 5.64. The van der Waals surface area contributed by atoms with E-state index in [1.54, 1.807) is 0 Å². The van der Waals surface area contributed by atoms with Crippen LogP contribution in [0.25, 0.3) is 0 Å². The third-order valence-corrected chi connectivity index (χ3v) is 2.90. The molecule has 14 heavy (non-hydrogen) atoms. The van der Waals surface area contributed by atoms with Crippen molar-refractivity contribution in [1.82, 2.24) is 10.0 Å². The second kappa shape index (κ2) is 5.91. The molecule has 0 aliphatic carbocycles. The van der Waals surface area contributed by atoms with Crippen LogP contribution in [0.15, 0.2) is 0 Å². The van der Waals surface area contributed by atoms with Gasteiger partial charge in [0.25, 0.3) is 0 Å². The van der Waals surface area contributed by atoms with E-state index in [-0.39, 0.29) is 18.8 Å². The van der Waals surface area contributed by atoms with Crippen molar-refractivity contribution in [2.45, 2.75) is 6.04 Å². The van der Waals surface area contributed by atoms with Crippen LogP contribution in [0.3, 0.4) is 0 Å². The number of carboxylic acids is 1. The van der Waals surface area contributed by atoms with E-state index in [2.05, 4.69) is 10.0 Å². The Kier molecular flexibility index (Phi) is 5.62. The molecule has 0 saturated heterocycles. The minimum Gasteiger partial charge on any atom is -0.480 e. The lowest BCUT2D eigenvalue weighted by atomic mass is 10.3. The molecule has 0 aliphatic heterocycles. The highest BCUT2D eigenvalue weighted by atomic mass is 32.2. The van der Waals surface area contributed by atoms with Gasteiger partial charge in [0, 0.05) is 13.1 Å². The number of aliphatic carboxylic acids is 1. The van der Waals surface area contributed by atoms with Crippen LogP contribution in [-0.2, 0) is 14.8 Å². The van der Waals surface area contributed by atoms with Crippen LogP contribution in [0, 0.1) is 0 Å². The summed E-state index contributed by atoms with van der Waals surface area (Å²) in [7, 11) is -1.92. The van der Waals surface area contributed by atoms with Gasteiger partial charge < -0.3 is 16.2 Å². The molecule has 0 rings (SSSR count). The molecule has 0 fully saturated rings. The third kappa shape index (κ3) is 5.86. The summed E-state index contributed by atoms with van der Waals surface area (Å²) in [4.78, 5) is 10.3. The van der Waals surface area contributed by atoms with Gasteiger partial charge >= 0.3 is 5.97 Å². The van der Waals surface area contributed by atoms with E-state index >= 15 is 0 Å². The molecule has 0 heterocycles. The molecule has 0 aliphatic rings. The number of sulfonamides is 1. The number of nitrogens with one attached hydrogen (secondary N) is 2. The number of nitrogens with two attached hydrogens (primary N) is 1. The molecule has 1 atom stereocenters. The summed E-state index contributed by atoms with van der Waals surface area (Å²) in [6.07, 6.45) is 0. The fraction of sp³-hybridized carbons (Fsp3) is 0.833. The van der Waals surface area contributed by atoms with Gasteiger partial charge in [-0.3, -0.25) is 4.79 Å². The molecule has 0 aromatic heterocycles. The third-order valence-electron chi connectivity index (χ3n) is 1.54. The lowest BCUT2D eigenvalue weighted by molar-refractivity contribution is -0.138. The number of carboxylic acid groups (broad SMARTS) is 1. The molecule has 0 saturated carbocycles. The van der Waals surface area contributed by atoms with Crippen LogP contribution < -0.4 is 15.8 Å². The quantitative estimate of drug-likeness (QED) is 0.356. The van der Waals surface area contributed by atoms with Crippen molar-refractivity contribution in [2.24, 2.45) is 5.73 Å². The van der Waals surface area contributed by atoms with Crippen LogP contribution in [-0.4, -0.2) is 51.4 Å². The smallest absolute Gasteiger partial charge is 0.321 e. The Morgan fingerprint density at radius 3 is 2.57 bits per heavy atom. The molecule has 0 aromatic carbocycles. The number of carbonyl (C=O) groups is 1. The Balaban J connectivity index is 3.62. The van der Waals surface area contributed by atoms with E-state index in [9.17, 15) is 13.2 Å². The maximum Gasteiger partial charge on any atom is 0.321 e. The Labute approximate surface area is 82.7 Å². The molecule has 0 aromatic rings. The van der Waals surface area contributed by atoms with Crippen molar-refractivity contribution in [3.8, 4) is 0 Å². The van der Waals surface area contributed by atoms with Crippen molar-refractivity contribution in [2.75, 3.05) is 25.9 Å². The zero-order valence-electron chi connectivity index (χ0n) is 7.86. The van der Waals surface area contributed by atoms with Gasteiger partial charge in [0.2, 0.25) is 10.0 Å². The van der Waals surface area contributed by atoms with Gasteiger partial charge in [-0.1, -0.05) is 0 Å². The highest BCUT2D eigenvalue weighted by Crippen LogP contribution is 1.80. The average molecular weight is 225 g/mol. The number of hydrogen-bond acceptors (Lipinski definition) is 5. The standard InChI is InChI=1S/C6H15N3O4S/c1-8-14(12,13)3-2-9-4-5(7)6(10)11/h5,8-9H,2-4,7H2,1H3,(H,10,11). The first-order valence-electron chi connectivity index (χ1n) is 3.99. The highest BCUT2D eigenvalue weighted by molar-refractivity contribution is 7.89. The molecular weight excluding hydrogens is 210 g/mol. The van der Waals surface area contributed by atoms with E-state index in [0.29, 0.717) is 0 Å². The van der Waals surface area contributed by atoms with E-state index in [1.165, 1.54) is 7.05 Å². The lowest BCUT2D eigenvalue weighted by Crippen LogP contribution is -2.42. The molecule has 0 bridgehead atoms. The summed E-state index contributed by atoms with van der Waals surface area (Å²) in [5.74, 6) is -1.22. The zero-order chi connectivity index (χ0) is 11.2. The Bertz CT molecular complexity index is 277. The minimum absolute atomic E-state index is 0.0502.